The second-order valence-corrected chi connectivity index (χ2v) is 6.72. The van der Waals surface area contributed by atoms with Crippen molar-refractivity contribution in [1.29, 1.82) is 0 Å². The van der Waals surface area contributed by atoms with Crippen LogP contribution in [0.1, 0.15) is 15.2 Å². The molecule has 2 heterocycles. The Morgan fingerprint density at radius 2 is 2.16 bits per heavy atom. The van der Waals surface area contributed by atoms with Gasteiger partial charge in [-0.05, 0) is 42.8 Å². The lowest BCUT2D eigenvalue weighted by atomic mass is 10.1. The number of amides is 2. The molecule has 1 aliphatic heterocycles. The zero-order valence-corrected chi connectivity index (χ0v) is 14.0. The molecule has 0 fully saturated rings. The van der Waals surface area contributed by atoms with Gasteiger partial charge in [-0.2, -0.15) is 0 Å². The molecule has 126 valence electrons. The van der Waals surface area contributed by atoms with Crippen molar-refractivity contribution in [2.45, 2.75) is 6.92 Å². The molecule has 3 aromatic rings. The van der Waals surface area contributed by atoms with Crippen molar-refractivity contribution in [3.63, 3.8) is 0 Å². The highest BCUT2D eigenvalue weighted by atomic mass is 32.1. The number of halogens is 1. The van der Waals surface area contributed by atoms with Crippen LogP contribution >= 0.6 is 11.3 Å². The number of benzene rings is 2. The Labute approximate surface area is 146 Å². The van der Waals surface area contributed by atoms with Crippen LogP contribution < -0.4 is 15.4 Å². The second kappa shape index (κ2) is 5.86. The van der Waals surface area contributed by atoms with E-state index in [1.54, 1.807) is 37.3 Å². The quantitative estimate of drug-likeness (QED) is 0.731. The molecule has 0 spiro atoms. The average molecular weight is 356 g/mol. The molecule has 5 nitrogen and oxygen atoms in total. The van der Waals surface area contributed by atoms with Gasteiger partial charge >= 0.3 is 0 Å². The van der Waals surface area contributed by atoms with E-state index in [2.05, 4.69) is 10.6 Å². The topological polar surface area (TPSA) is 67.4 Å². The Hall–Kier alpha value is -2.93. The standard InChI is InChI=1S/C18H13FN2O3S/c1-9-16-11(19)3-2-4-14(16)25-17(9)18(23)20-10-5-6-13-12(7-10)21-15(22)8-24-13/h2-7H,8H2,1H3,(H,20,23)(H,21,22). The van der Waals surface area contributed by atoms with Gasteiger partial charge in [-0.3, -0.25) is 9.59 Å². The van der Waals surface area contributed by atoms with Gasteiger partial charge in [-0.25, -0.2) is 4.39 Å². The predicted octanol–water partition coefficient (Wildman–Crippen LogP) is 3.93. The number of fused-ring (bicyclic) bond motifs is 2. The van der Waals surface area contributed by atoms with Crippen molar-refractivity contribution in [2.75, 3.05) is 17.2 Å². The third kappa shape index (κ3) is 2.72. The maximum absolute atomic E-state index is 14.0. The van der Waals surface area contributed by atoms with Gasteiger partial charge in [0.2, 0.25) is 0 Å². The number of carbonyl (C=O) groups excluding carboxylic acids is 2. The number of aryl methyl sites for hydroxylation is 1. The van der Waals surface area contributed by atoms with Crippen LogP contribution in [0.25, 0.3) is 10.1 Å². The van der Waals surface area contributed by atoms with E-state index in [1.807, 2.05) is 0 Å². The molecule has 0 saturated heterocycles. The Balaban J connectivity index is 1.65. The fourth-order valence-electron chi connectivity index (χ4n) is 2.82. The van der Waals surface area contributed by atoms with Crippen LogP contribution in [-0.4, -0.2) is 18.4 Å². The zero-order chi connectivity index (χ0) is 17.6. The van der Waals surface area contributed by atoms with E-state index in [0.717, 1.165) is 4.70 Å². The number of thiophene rings is 1. The summed E-state index contributed by atoms with van der Waals surface area (Å²) in [7, 11) is 0. The number of anilines is 2. The van der Waals surface area contributed by atoms with Gasteiger partial charge in [0.15, 0.2) is 6.61 Å². The lowest BCUT2D eigenvalue weighted by Crippen LogP contribution is -2.25. The summed E-state index contributed by atoms with van der Waals surface area (Å²) in [5.41, 5.74) is 1.64. The summed E-state index contributed by atoms with van der Waals surface area (Å²) >= 11 is 1.25. The molecule has 4 rings (SSSR count). The molecule has 0 aliphatic carbocycles. The van der Waals surface area contributed by atoms with Crippen LogP contribution in [0.15, 0.2) is 36.4 Å². The van der Waals surface area contributed by atoms with Crippen LogP contribution in [0.2, 0.25) is 0 Å². The van der Waals surface area contributed by atoms with Gasteiger partial charge < -0.3 is 15.4 Å². The van der Waals surface area contributed by atoms with Crippen LogP contribution in [0, 0.1) is 12.7 Å². The number of hydrogen-bond acceptors (Lipinski definition) is 4. The molecule has 2 amide bonds. The number of nitrogens with one attached hydrogen (secondary N) is 2. The fourth-order valence-corrected chi connectivity index (χ4v) is 3.94. The molecule has 25 heavy (non-hydrogen) atoms. The summed E-state index contributed by atoms with van der Waals surface area (Å²) in [6.45, 7) is 1.71. The van der Waals surface area contributed by atoms with Crippen molar-refractivity contribution < 1.29 is 18.7 Å². The molecule has 7 heteroatoms. The van der Waals surface area contributed by atoms with Gasteiger partial charge in [-0.1, -0.05) is 6.07 Å². The van der Waals surface area contributed by atoms with Crippen LogP contribution in [0.5, 0.6) is 5.75 Å². The molecule has 0 bridgehead atoms. The summed E-state index contributed by atoms with van der Waals surface area (Å²) in [5, 5.41) is 5.95. The maximum Gasteiger partial charge on any atom is 0.266 e. The summed E-state index contributed by atoms with van der Waals surface area (Å²) in [5.74, 6) is -0.343. The molecule has 1 aromatic heterocycles. The monoisotopic (exact) mass is 356 g/mol. The fraction of sp³-hybridized carbons (Fsp3) is 0.111. The number of hydrogen-bond donors (Lipinski definition) is 2. The van der Waals surface area contributed by atoms with Gasteiger partial charge in [0.1, 0.15) is 11.6 Å². The molecule has 2 aromatic carbocycles. The first-order chi connectivity index (χ1) is 12.0. The summed E-state index contributed by atoms with van der Waals surface area (Å²) in [6.07, 6.45) is 0. The Kier molecular flexibility index (Phi) is 3.65. The summed E-state index contributed by atoms with van der Waals surface area (Å²) < 4.78 is 20.0. The van der Waals surface area contributed by atoms with Gasteiger partial charge in [0.05, 0.1) is 10.6 Å². The second-order valence-electron chi connectivity index (χ2n) is 5.67. The van der Waals surface area contributed by atoms with Crippen LogP contribution in [0.4, 0.5) is 15.8 Å². The highest BCUT2D eigenvalue weighted by Gasteiger charge is 2.20. The zero-order valence-electron chi connectivity index (χ0n) is 13.2. The first kappa shape index (κ1) is 15.6. The van der Waals surface area contributed by atoms with Gasteiger partial charge in [0, 0.05) is 15.8 Å². The van der Waals surface area contributed by atoms with Crippen molar-refractivity contribution >= 4 is 44.6 Å². The van der Waals surface area contributed by atoms with Crippen molar-refractivity contribution in [3.8, 4) is 5.75 Å². The van der Waals surface area contributed by atoms with E-state index in [1.165, 1.54) is 17.4 Å². The molecule has 1 aliphatic rings. The Morgan fingerprint density at radius 1 is 1.32 bits per heavy atom. The van der Waals surface area contributed by atoms with Crippen molar-refractivity contribution in [3.05, 3.63) is 52.7 Å². The van der Waals surface area contributed by atoms with E-state index < -0.39 is 0 Å². The predicted molar refractivity (Wildman–Crippen MR) is 95.0 cm³/mol. The molecule has 0 unspecified atom stereocenters. The maximum atomic E-state index is 14.0. The molecule has 0 atom stereocenters. The average Bonchev–Trinajstić information content (AvgIpc) is 2.93. The Morgan fingerprint density at radius 3 is 2.96 bits per heavy atom. The molecular weight excluding hydrogens is 343 g/mol. The smallest absolute Gasteiger partial charge is 0.266 e. The summed E-state index contributed by atoms with van der Waals surface area (Å²) in [4.78, 5) is 24.5. The van der Waals surface area contributed by atoms with Crippen LogP contribution in [-0.2, 0) is 4.79 Å². The highest BCUT2D eigenvalue weighted by Crippen LogP contribution is 2.34. The van der Waals surface area contributed by atoms with E-state index in [0.29, 0.717) is 33.0 Å². The van der Waals surface area contributed by atoms with E-state index >= 15 is 0 Å². The highest BCUT2D eigenvalue weighted by molar-refractivity contribution is 7.21. The Bertz CT molecular complexity index is 1030. The molecule has 2 N–H and O–H groups in total. The lowest BCUT2D eigenvalue weighted by molar-refractivity contribution is -0.118. The molecular formula is C18H13FN2O3S. The number of carbonyl (C=O) groups is 2. The largest absolute Gasteiger partial charge is 0.482 e. The summed E-state index contributed by atoms with van der Waals surface area (Å²) in [6, 6.07) is 9.81. The van der Waals surface area contributed by atoms with E-state index in [9.17, 15) is 14.0 Å². The van der Waals surface area contributed by atoms with Gasteiger partial charge in [-0.15, -0.1) is 11.3 Å². The minimum Gasteiger partial charge on any atom is -0.482 e. The first-order valence-corrected chi connectivity index (χ1v) is 8.40. The molecule has 0 radical (unpaired) electrons. The molecule has 0 saturated carbocycles. The minimum atomic E-state index is -0.334. The van der Waals surface area contributed by atoms with Crippen molar-refractivity contribution in [2.24, 2.45) is 0 Å². The van der Waals surface area contributed by atoms with Crippen LogP contribution in [0.3, 0.4) is 0 Å². The SMILES string of the molecule is Cc1c(C(=O)Nc2ccc3c(c2)NC(=O)CO3)sc2cccc(F)c12. The lowest BCUT2D eigenvalue weighted by Gasteiger charge is -2.18. The van der Waals surface area contributed by atoms with Crippen molar-refractivity contribution in [1.82, 2.24) is 0 Å². The van der Waals surface area contributed by atoms with E-state index in [-0.39, 0.29) is 24.2 Å². The number of ether oxygens (including phenoxy) is 1. The minimum absolute atomic E-state index is 0.0226. The third-order valence-electron chi connectivity index (χ3n) is 3.98. The third-order valence-corrected chi connectivity index (χ3v) is 5.24. The van der Waals surface area contributed by atoms with E-state index in [4.69, 9.17) is 4.74 Å². The van der Waals surface area contributed by atoms with Gasteiger partial charge in [0.25, 0.3) is 11.8 Å². The number of rotatable bonds is 2. The first-order valence-electron chi connectivity index (χ1n) is 7.58. The normalized spacial score (nSPS) is 13.1.